The van der Waals surface area contributed by atoms with Gasteiger partial charge in [-0.05, 0) is 12.5 Å². The van der Waals surface area contributed by atoms with Crippen molar-refractivity contribution in [1.82, 2.24) is 5.16 Å². The molecule has 1 aromatic heterocycles. The van der Waals surface area contributed by atoms with Crippen LogP contribution in [0.15, 0.2) is 41.1 Å². The SMILES string of the molecule is [CH2]c1ccc(-c2ccno2)cc1. The predicted molar refractivity (Wildman–Crippen MR) is 46.4 cm³/mol. The molecular weight excluding hydrogens is 150 g/mol. The first-order chi connectivity index (χ1) is 5.86. The molecule has 0 aliphatic rings. The minimum absolute atomic E-state index is 0.787. The van der Waals surface area contributed by atoms with Crippen LogP contribution in [0.4, 0.5) is 0 Å². The Morgan fingerprint density at radius 1 is 1.08 bits per heavy atom. The predicted octanol–water partition coefficient (Wildman–Crippen LogP) is 2.52. The Labute approximate surface area is 70.8 Å². The van der Waals surface area contributed by atoms with E-state index in [1.54, 1.807) is 6.20 Å². The van der Waals surface area contributed by atoms with Gasteiger partial charge < -0.3 is 4.52 Å². The van der Waals surface area contributed by atoms with E-state index in [1.165, 1.54) is 0 Å². The largest absolute Gasteiger partial charge is 0.356 e. The number of nitrogens with zero attached hydrogens (tertiary/aromatic N) is 1. The van der Waals surface area contributed by atoms with Gasteiger partial charge in [0.15, 0.2) is 5.76 Å². The van der Waals surface area contributed by atoms with Crippen LogP contribution in [0.25, 0.3) is 11.3 Å². The van der Waals surface area contributed by atoms with Gasteiger partial charge in [0.1, 0.15) is 0 Å². The molecule has 2 heteroatoms. The van der Waals surface area contributed by atoms with Crippen LogP contribution in [0.2, 0.25) is 0 Å². The van der Waals surface area contributed by atoms with Gasteiger partial charge >= 0.3 is 0 Å². The minimum atomic E-state index is 0.787. The van der Waals surface area contributed by atoms with E-state index in [-0.39, 0.29) is 0 Å². The molecule has 0 amide bonds. The van der Waals surface area contributed by atoms with E-state index in [2.05, 4.69) is 12.1 Å². The van der Waals surface area contributed by atoms with Gasteiger partial charge in [0, 0.05) is 11.6 Å². The van der Waals surface area contributed by atoms with Crippen LogP contribution >= 0.6 is 0 Å². The lowest BCUT2D eigenvalue weighted by atomic mass is 10.1. The third-order valence-corrected chi connectivity index (χ3v) is 1.68. The van der Waals surface area contributed by atoms with Crippen molar-refractivity contribution in [3.63, 3.8) is 0 Å². The van der Waals surface area contributed by atoms with Crippen molar-refractivity contribution < 1.29 is 4.52 Å². The molecule has 0 aliphatic heterocycles. The van der Waals surface area contributed by atoms with E-state index in [1.807, 2.05) is 30.3 Å². The molecule has 0 spiro atoms. The Bertz CT molecular complexity index is 348. The van der Waals surface area contributed by atoms with E-state index >= 15 is 0 Å². The maximum atomic E-state index is 4.99. The van der Waals surface area contributed by atoms with Crippen LogP contribution in [0.5, 0.6) is 0 Å². The lowest BCUT2D eigenvalue weighted by Gasteiger charge is -1.94. The zero-order chi connectivity index (χ0) is 8.39. The average molecular weight is 158 g/mol. The van der Waals surface area contributed by atoms with Crippen molar-refractivity contribution in [1.29, 1.82) is 0 Å². The van der Waals surface area contributed by atoms with Crippen molar-refractivity contribution >= 4 is 0 Å². The summed E-state index contributed by atoms with van der Waals surface area (Å²) in [5.41, 5.74) is 2.03. The number of rotatable bonds is 1. The Balaban J connectivity index is 2.43. The summed E-state index contributed by atoms with van der Waals surface area (Å²) in [5.74, 6) is 0.787. The molecule has 0 aliphatic carbocycles. The zero-order valence-corrected chi connectivity index (χ0v) is 6.53. The van der Waals surface area contributed by atoms with Crippen LogP contribution in [0.1, 0.15) is 5.56 Å². The zero-order valence-electron chi connectivity index (χ0n) is 6.53. The van der Waals surface area contributed by atoms with Gasteiger partial charge in [0.2, 0.25) is 0 Å². The first kappa shape index (κ1) is 7.10. The molecule has 0 unspecified atom stereocenters. The summed E-state index contributed by atoms with van der Waals surface area (Å²) in [6.45, 7) is 3.80. The molecule has 2 rings (SSSR count). The number of hydrogen-bond donors (Lipinski definition) is 0. The van der Waals surface area contributed by atoms with E-state index in [4.69, 9.17) is 4.52 Å². The standard InChI is InChI=1S/C10H8NO/c1-8-2-4-9(5-3-8)10-6-7-11-12-10/h2-7H,1H2. The highest BCUT2D eigenvalue weighted by atomic mass is 16.5. The maximum absolute atomic E-state index is 4.99. The lowest BCUT2D eigenvalue weighted by Crippen LogP contribution is -1.74. The molecule has 12 heavy (non-hydrogen) atoms. The fourth-order valence-electron chi connectivity index (χ4n) is 1.03. The molecular formula is C10H8NO. The summed E-state index contributed by atoms with van der Waals surface area (Å²) in [6.07, 6.45) is 1.63. The van der Waals surface area contributed by atoms with E-state index in [0.29, 0.717) is 0 Å². The molecule has 0 bridgehead atoms. The molecule has 1 aromatic carbocycles. The fourth-order valence-corrected chi connectivity index (χ4v) is 1.03. The number of hydrogen-bond acceptors (Lipinski definition) is 2. The fraction of sp³-hybridized carbons (Fsp3) is 0. The van der Waals surface area contributed by atoms with Gasteiger partial charge in [0.25, 0.3) is 0 Å². The second kappa shape index (κ2) is 2.81. The van der Waals surface area contributed by atoms with Crippen molar-refractivity contribution in [2.75, 3.05) is 0 Å². The maximum Gasteiger partial charge on any atom is 0.166 e. The van der Waals surface area contributed by atoms with Crippen molar-refractivity contribution in [3.8, 4) is 11.3 Å². The van der Waals surface area contributed by atoms with Gasteiger partial charge in [-0.3, -0.25) is 0 Å². The average Bonchev–Trinajstić information content (AvgIpc) is 2.58. The number of aromatic nitrogens is 1. The third-order valence-electron chi connectivity index (χ3n) is 1.68. The molecule has 0 atom stereocenters. The molecule has 1 radical (unpaired) electrons. The molecule has 2 nitrogen and oxygen atoms in total. The molecule has 59 valence electrons. The highest BCUT2D eigenvalue weighted by Gasteiger charge is 1.99. The van der Waals surface area contributed by atoms with Crippen molar-refractivity contribution in [2.24, 2.45) is 0 Å². The van der Waals surface area contributed by atoms with Gasteiger partial charge in [0.05, 0.1) is 6.20 Å². The quantitative estimate of drug-likeness (QED) is 0.637. The van der Waals surface area contributed by atoms with Crippen molar-refractivity contribution in [3.05, 3.63) is 49.0 Å². The first-order valence-electron chi connectivity index (χ1n) is 3.69. The molecule has 1 heterocycles. The summed E-state index contributed by atoms with van der Waals surface area (Å²) < 4.78 is 4.99. The van der Waals surface area contributed by atoms with Gasteiger partial charge in [-0.1, -0.05) is 29.4 Å². The Hall–Kier alpha value is -1.57. The van der Waals surface area contributed by atoms with E-state index < -0.39 is 0 Å². The molecule has 0 saturated carbocycles. The summed E-state index contributed by atoms with van der Waals surface area (Å²) >= 11 is 0. The molecule has 2 aromatic rings. The summed E-state index contributed by atoms with van der Waals surface area (Å²) in [6, 6.07) is 9.64. The monoisotopic (exact) mass is 158 g/mol. The van der Waals surface area contributed by atoms with Crippen LogP contribution in [0.3, 0.4) is 0 Å². The lowest BCUT2D eigenvalue weighted by molar-refractivity contribution is 0.432. The number of benzene rings is 1. The summed E-state index contributed by atoms with van der Waals surface area (Å²) in [4.78, 5) is 0. The highest BCUT2D eigenvalue weighted by Crippen LogP contribution is 2.18. The Kier molecular flexibility index (Phi) is 1.67. The molecule has 0 N–H and O–H groups in total. The second-order valence-corrected chi connectivity index (χ2v) is 2.57. The minimum Gasteiger partial charge on any atom is -0.356 e. The van der Waals surface area contributed by atoms with Crippen molar-refractivity contribution in [2.45, 2.75) is 0 Å². The van der Waals surface area contributed by atoms with Crippen LogP contribution in [0, 0.1) is 6.92 Å². The smallest absolute Gasteiger partial charge is 0.166 e. The highest BCUT2D eigenvalue weighted by molar-refractivity contribution is 5.56. The van der Waals surface area contributed by atoms with Crippen LogP contribution in [-0.2, 0) is 0 Å². The van der Waals surface area contributed by atoms with Gasteiger partial charge in [-0.2, -0.15) is 0 Å². The van der Waals surface area contributed by atoms with Gasteiger partial charge in [-0.15, -0.1) is 0 Å². The summed E-state index contributed by atoms with van der Waals surface area (Å²) in [5, 5.41) is 3.63. The summed E-state index contributed by atoms with van der Waals surface area (Å²) in [7, 11) is 0. The third kappa shape index (κ3) is 1.23. The normalized spacial score (nSPS) is 10.1. The van der Waals surface area contributed by atoms with E-state index in [0.717, 1.165) is 16.9 Å². The second-order valence-electron chi connectivity index (χ2n) is 2.57. The van der Waals surface area contributed by atoms with Crippen LogP contribution in [-0.4, -0.2) is 5.16 Å². The topological polar surface area (TPSA) is 26.0 Å². The molecule has 0 fully saturated rings. The van der Waals surface area contributed by atoms with Gasteiger partial charge in [-0.25, -0.2) is 0 Å². The Morgan fingerprint density at radius 2 is 1.83 bits per heavy atom. The first-order valence-corrected chi connectivity index (χ1v) is 3.69. The molecule has 0 saturated heterocycles. The Morgan fingerprint density at radius 3 is 2.42 bits per heavy atom. The van der Waals surface area contributed by atoms with E-state index in [9.17, 15) is 0 Å². The van der Waals surface area contributed by atoms with Crippen LogP contribution < -0.4 is 0 Å².